The van der Waals surface area contributed by atoms with Gasteiger partial charge in [-0.25, -0.2) is 4.98 Å². The topological polar surface area (TPSA) is 88.4 Å². The van der Waals surface area contributed by atoms with Crippen LogP contribution in [0, 0.1) is 17.0 Å². The van der Waals surface area contributed by atoms with Gasteiger partial charge in [-0.15, -0.1) is 0 Å². The molecule has 1 aliphatic heterocycles. The Bertz CT molecular complexity index is 573. The van der Waals surface area contributed by atoms with Crippen molar-refractivity contribution in [1.82, 2.24) is 9.88 Å². The molecule has 0 spiro atoms. The quantitative estimate of drug-likeness (QED) is 0.661. The number of rotatable bonds is 4. The van der Waals surface area contributed by atoms with Crippen LogP contribution in [0.4, 0.5) is 11.5 Å². The fourth-order valence-electron chi connectivity index (χ4n) is 2.33. The molecule has 2 rings (SSSR count). The van der Waals surface area contributed by atoms with Crippen molar-refractivity contribution < 1.29 is 9.72 Å². The number of aromatic nitrogens is 1. The first kappa shape index (κ1) is 15.7. The minimum atomic E-state index is -0.477. The zero-order valence-corrected chi connectivity index (χ0v) is 13.5. The molecule has 1 aromatic heterocycles. The van der Waals surface area contributed by atoms with Crippen LogP contribution in [0.15, 0.2) is 10.7 Å². The molecule has 21 heavy (non-hydrogen) atoms. The summed E-state index contributed by atoms with van der Waals surface area (Å²) in [5.74, 6) is 0.468. The van der Waals surface area contributed by atoms with Crippen LogP contribution in [0.3, 0.4) is 0 Å². The molecule has 114 valence electrons. The average molecular weight is 357 g/mol. The van der Waals surface area contributed by atoms with Gasteiger partial charge in [0.1, 0.15) is 18.1 Å². The molecule has 1 aromatic rings. The van der Waals surface area contributed by atoms with Crippen LogP contribution < -0.4 is 5.32 Å². The minimum Gasteiger partial charge on any atom is -0.358 e. The predicted molar refractivity (Wildman–Crippen MR) is 82.2 cm³/mol. The highest BCUT2D eigenvalue weighted by Gasteiger charge is 2.25. The van der Waals surface area contributed by atoms with E-state index in [1.807, 2.05) is 4.90 Å². The predicted octanol–water partition coefficient (Wildman–Crippen LogP) is 2.48. The maximum Gasteiger partial charge on any atom is 0.291 e. The molecule has 0 radical (unpaired) electrons. The normalized spacial score (nSPS) is 15.9. The lowest BCUT2D eigenvalue weighted by Crippen LogP contribution is -2.39. The van der Waals surface area contributed by atoms with Gasteiger partial charge in [-0.05, 0) is 42.6 Å². The molecule has 0 aromatic carbocycles. The Labute approximate surface area is 131 Å². The van der Waals surface area contributed by atoms with E-state index < -0.39 is 11.0 Å². The van der Waals surface area contributed by atoms with Crippen molar-refractivity contribution in [3.63, 3.8) is 0 Å². The molecule has 1 fully saturated rings. The Kier molecular flexibility index (Phi) is 4.76. The third-order valence-electron chi connectivity index (χ3n) is 3.58. The maximum atomic E-state index is 12.2. The van der Waals surface area contributed by atoms with Crippen LogP contribution in [0.5, 0.6) is 0 Å². The van der Waals surface area contributed by atoms with Crippen LogP contribution >= 0.6 is 15.9 Å². The molecule has 7 nitrogen and oxygen atoms in total. The van der Waals surface area contributed by atoms with Gasteiger partial charge in [0, 0.05) is 18.7 Å². The lowest BCUT2D eigenvalue weighted by molar-refractivity contribution is -0.385. The first-order valence-corrected chi connectivity index (χ1v) is 7.56. The molecular weight excluding hydrogens is 340 g/mol. The van der Waals surface area contributed by atoms with Crippen LogP contribution in [-0.4, -0.2) is 39.8 Å². The molecule has 2 heterocycles. The summed E-state index contributed by atoms with van der Waals surface area (Å²) < 4.78 is 0.512. The maximum absolute atomic E-state index is 12.2. The van der Waals surface area contributed by atoms with Gasteiger partial charge < -0.3 is 10.2 Å². The van der Waals surface area contributed by atoms with E-state index in [0.717, 1.165) is 25.9 Å². The summed E-state index contributed by atoms with van der Waals surface area (Å²) in [4.78, 5) is 28.5. The third kappa shape index (κ3) is 3.31. The number of halogens is 1. The van der Waals surface area contributed by atoms with Gasteiger partial charge in [0.2, 0.25) is 5.91 Å². The highest BCUT2D eigenvalue weighted by Crippen LogP contribution is 2.30. The van der Waals surface area contributed by atoms with Crippen molar-refractivity contribution in [1.29, 1.82) is 0 Å². The van der Waals surface area contributed by atoms with Crippen LogP contribution in [-0.2, 0) is 4.79 Å². The number of nitrogens with one attached hydrogen (secondary N) is 1. The SMILES string of the molecule is Cc1c([N+](=O)[O-])cnc(NC(C)C(=O)N2CCCC2)c1Br. The summed E-state index contributed by atoms with van der Waals surface area (Å²) >= 11 is 3.31. The molecule has 8 heteroatoms. The molecule has 1 saturated heterocycles. The molecule has 1 N–H and O–H groups in total. The number of carbonyl (C=O) groups is 1. The van der Waals surface area contributed by atoms with E-state index >= 15 is 0 Å². The van der Waals surface area contributed by atoms with Crippen LogP contribution in [0.1, 0.15) is 25.3 Å². The molecular formula is C13H17BrN4O3. The van der Waals surface area contributed by atoms with Crippen molar-refractivity contribution in [2.24, 2.45) is 0 Å². The lowest BCUT2D eigenvalue weighted by atomic mass is 10.2. The monoisotopic (exact) mass is 356 g/mol. The Morgan fingerprint density at radius 1 is 1.52 bits per heavy atom. The van der Waals surface area contributed by atoms with Gasteiger partial charge in [-0.3, -0.25) is 14.9 Å². The number of carbonyl (C=O) groups excluding carboxylic acids is 1. The molecule has 1 amide bonds. The summed E-state index contributed by atoms with van der Waals surface area (Å²) in [5, 5.41) is 13.9. The smallest absolute Gasteiger partial charge is 0.291 e. The zero-order valence-electron chi connectivity index (χ0n) is 11.9. The largest absolute Gasteiger partial charge is 0.358 e. The summed E-state index contributed by atoms with van der Waals surface area (Å²) in [6.07, 6.45) is 3.28. The van der Waals surface area contributed by atoms with E-state index in [1.54, 1.807) is 13.8 Å². The second-order valence-corrected chi connectivity index (χ2v) is 5.88. The second kappa shape index (κ2) is 6.38. The van der Waals surface area contributed by atoms with Crippen LogP contribution in [0.2, 0.25) is 0 Å². The van der Waals surface area contributed by atoms with E-state index in [-0.39, 0.29) is 11.6 Å². The number of hydrogen-bond donors (Lipinski definition) is 1. The van der Waals surface area contributed by atoms with E-state index in [0.29, 0.717) is 15.9 Å². The van der Waals surface area contributed by atoms with Gasteiger partial charge in [-0.1, -0.05) is 0 Å². The highest BCUT2D eigenvalue weighted by molar-refractivity contribution is 9.10. The second-order valence-electron chi connectivity index (χ2n) is 5.09. The van der Waals surface area contributed by atoms with Gasteiger partial charge in [0.05, 0.1) is 9.40 Å². The first-order valence-electron chi connectivity index (χ1n) is 6.76. The van der Waals surface area contributed by atoms with Gasteiger partial charge in [0.25, 0.3) is 5.69 Å². The number of likely N-dealkylation sites (tertiary alicyclic amines) is 1. The number of amides is 1. The van der Waals surface area contributed by atoms with Gasteiger partial charge in [-0.2, -0.15) is 0 Å². The van der Waals surface area contributed by atoms with Crippen molar-refractivity contribution in [2.45, 2.75) is 32.7 Å². The van der Waals surface area contributed by atoms with E-state index in [2.05, 4.69) is 26.2 Å². The van der Waals surface area contributed by atoms with E-state index in [9.17, 15) is 14.9 Å². The van der Waals surface area contributed by atoms with Crippen molar-refractivity contribution in [3.8, 4) is 0 Å². The molecule has 1 aliphatic rings. The minimum absolute atomic E-state index is 0.0252. The molecule has 0 aliphatic carbocycles. The Morgan fingerprint density at radius 3 is 2.71 bits per heavy atom. The van der Waals surface area contributed by atoms with E-state index in [4.69, 9.17) is 0 Å². The first-order chi connectivity index (χ1) is 9.91. The van der Waals surface area contributed by atoms with Gasteiger partial charge >= 0.3 is 0 Å². The summed E-state index contributed by atoms with van der Waals surface area (Å²) in [5.41, 5.74) is 0.435. The average Bonchev–Trinajstić information content (AvgIpc) is 2.96. The Hall–Kier alpha value is -1.70. The van der Waals surface area contributed by atoms with E-state index in [1.165, 1.54) is 6.20 Å². The molecule has 1 atom stereocenters. The van der Waals surface area contributed by atoms with Crippen molar-refractivity contribution in [3.05, 3.63) is 26.3 Å². The standard InChI is InChI=1S/C13H17BrN4O3/c1-8-10(18(20)21)7-15-12(11(8)14)16-9(2)13(19)17-5-3-4-6-17/h7,9H,3-6H2,1-2H3,(H,15,16). The summed E-state index contributed by atoms with van der Waals surface area (Å²) in [7, 11) is 0. The molecule has 0 bridgehead atoms. The van der Waals surface area contributed by atoms with Crippen molar-refractivity contribution >= 4 is 33.3 Å². The third-order valence-corrected chi connectivity index (χ3v) is 4.55. The van der Waals surface area contributed by atoms with Gasteiger partial charge in [0.15, 0.2) is 0 Å². The highest BCUT2D eigenvalue weighted by atomic mass is 79.9. The van der Waals surface area contributed by atoms with Crippen molar-refractivity contribution in [2.75, 3.05) is 18.4 Å². The number of hydrogen-bond acceptors (Lipinski definition) is 5. The fraction of sp³-hybridized carbons (Fsp3) is 0.538. The summed E-state index contributed by atoms with van der Waals surface area (Å²) in [6, 6.07) is -0.423. The lowest BCUT2D eigenvalue weighted by Gasteiger charge is -2.22. The number of anilines is 1. The van der Waals surface area contributed by atoms with Crippen LogP contribution in [0.25, 0.3) is 0 Å². The molecule has 1 unspecified atom stereocenters. The number of pyridine rings is 1. The summed E-state index contributed by atoms with van der Waals surface area (Å²) in [6.45, 7) is 4.99. The molecule has 0 saturated carbocycles. The fourth-order valence-corrected chi connectivity index (χ4v) is 2.75. The Morgan fingerprint density at radius 2 is 2.14 bits per heavy atom. The Balaban J connectivity index is 2.14. The number of nitro groups is 1. The zero-order chi connectivity index (χ0) is 15.6. The number of nitrogens with zero attached hydrogens (tertiary/aromatic N) is 3.